The minimum absolute atomic E-state index is 0. The predicted molar refractivity (Wildman–Crippen MR) is 160 cm³/mol. The highest BCUT2D eigenvalue weighted by Gasteiger charge is 2.11. The molecule has 1 aromatic carbocycles. The van der Waals surface area contributed by atoms with E-state index in [1.165, 1.54) is 11.6 Å². The van der Waals surface area contributed by atoms with Gasteiger partial charge in [0.2, 0.25) is 5.91 Å². The van der Waals surface area contributed by atoms with Crippen LogP contribution < -0.4 is 10.6 Å². The highest BCUT2D eigenvalue weighted by molar-refractivity contribution is 8.93. The number of rotatable bonds is 21. The quantitative estimate of drug-likeness (QED) is 0.128. The van der Waals surface area contributed by atoms with Gasteiger partial charge in [-0.1, -0.05) is 50.5 Å². The van der Waals surface area contributed by atoms with Crippen LogP contribution in [-0.2, 0) is 29.1 Å². The minimum Gasteiger partial charge on any atom is -0.506 e. The lowest BCUT2D eigenvalue weighted by atomic mass is 10.1. The van der Waals surface area contributed by atoms with E-state index >= 15 is 0 Å². The zero-order chi connectivity index (χ0) is 27.4. The number of pyridine rings is 1. The fourth-order valence-corrected chi connectivity index (χ4v) is 4.05. The van der Waals surface area contributed by atoms with Gasteiger partial charge in [0.15, 0.2) is 0 Å². The summed E-state index contributed by atoms with van der Waals surface area (Å²) in [5.74, 6) is 0.0627. The average Bonchev–Trinajstić information content (AvgIpc) is 2.94. The Kier molecular flexibility index (Phi) is 19.5. The third-order valence-corrected chi connectivity index (χ3v) is 6.47. The van der Waals surface area contributed by atoms with E-state index in [4.69, 9.17) is 9.84 Å². The van der Waals surface area contributed by atoms with Crippen LogP contribution in [0.2, 0.25) is 0 Å². The molecule has 1 atom stereocenters. The second-order valence-electron chi connectivity index (χ2n) is 9.76. The normalized spacial score (nSPS) is 11.7. The molecule has 1 heterocycles. The van der Waals surface area contributed by atoms with E-state index in [-0.39, 0.29) is 40.9 Å². The first-order chi connectivity index (χ1) is 18.5. The number of carbonyl (C=O) groups excluding carboxylic acids is 1. The molecule has 39 heavy (non-hydrogen) atoms. The molecular formula is C30H48BrN3O5. The Morgan fingerprint density at radius 2 is 1.64 bits per heavy atom. The van der Waals surface area contributed by atoms with Crippen molar-refractivity contribution in [3.63, 3.8) is 0 Å². The molecule has 0 saturated heterocycles. The zero-order valence-electron chi connectivity index (χ0n) is 23.4. The van der Waals surface area contributed by atoms with Gasteiger partial charge in [-0.3, -0.25) is 4.79 Å². The first-order valence-electron chi connectivity index (χ1n) is 14.1. The van der Waals surface area contributed by atoms with Crippen molar-refractivity contribution in [3.8, 4) is 5.75 Å². The highest BCUT2D eigenvalue weighted by Crippen LogP contribution is 2.18. The standard InChI is InChI=1S/C30H47N3O5.BrH/c1-2-3-11-30(37)32-21-25-14-12-24(13-15-25)10-6-9-20-38-19-8-5-4-7-18-31-22-29(36)26-16-17-28(35)27(23-34)33-26;/h12-17,29,31,34-36H,2-11,18-23H2,1H3,(H,32,37);1H. The molecule has 1 aromatic heterocycles. The summed E-state index contributed by atoms with van der Waals surface area (Å²) in [6.45, 7) is 5.12. The molecule has 0 spiro atoms. The Morgan fingerprint density at radius 3 is 2.36 bits per heavy atom. The largest absolute Gasteiger partial charge is 0.506 e. The van der Waals surface area contributed by atoms with Gasteiger partial charge in [0.05, 0.1) is 12.3 Å². The van der Waals surface area contributed by atoms with Crippen LogP contribution in [0.25, 0.3) is 0 Å². The fourth-order valence-electron chi connectivity index (χ4n) is 4.05. The summed E-state index contributed by atoms with van der Waals surface area (Å²) >= 11 is 0. The lowest BCUT2D eigenvalue weighted by Crippen LogP contribution is -2.23. The number of aromatic hydroxyl groups is 1. The monoisotopic (exact) mass is 609 g/mol. The van der Waals surface area contributed by atoms with Gasteiger partial charge in [-0.25, -0.2) is 4.98 Å². The van der Waals surface area contributed by atoms with Crippen LogP contribution in [0.4, 0.5) is 0 Å². The van der Waals surface area contributed by atoms with Crippen LogP contribution >= 0.6 is 17.0 Å². The van der Waals surface area contributed by atoms with Gasteiger partial charge in [0.25, 0.3) is 0 Å². The van der Waals surface area contributed by atoms with E-state index in [0.29, 0.717) is 25.2 Å². The summed E-state index contributed by atoms with van der Waals surface area (Å²) in [6, 6.07) is 11.5. The Balaban J connectivity index is 0.00000760. The number of nitrogens with zero attached hydrogens (tertiary/aromatic N) is 1. The van der Waals surface area contributed by atoms with Crippen molar-refractivity contribution in [1.82, 2.24) is 15.6 Å². The lowest BCUT2D eigenvalue weighted by Gasteiger charge is -2.13. The Hall–Kier alpha value is -2.04. The van der Waals surface area contributed by atoms with Gasteiger partial charge in [-0.2, -0.15) is 0 Å². The zero-order valence-corrected chi connectivity index (χ0v) is 25.1. The molecule has 1 amide bonds. The number of hydrogen-bond donors (Lipinski definition) is 5. The molecule has 0 aliphatic heterocycles. The first kappa shape index (κ1) is 35.0. The van der Waals surface area contributed by atoms with E-state index in [2.05, 4.69) is 46.8 Å². The molecule has 2 aromatic rings. The highest BCUT2D eigenvalue weighted by atomic mass is 79.9. The van der Waals surface area contributed by atoms with Gasteiger partial charge in [0, 0.05) is 32.7 Å². The summed E-state index contributed by atoms with van der Waals surface area (Å²) in [5, 5.41) is 35.1. The molecule has 1 unspecified atom stereocenters. The summed E-state index contributed by atoms with van der Waals surface area (Å²) < 4.78 is 5.78. The second kappa shape index (κ2) is 21.7. The topological polar surface area (TPSA) is 124 Å². The summed E-state index contributed by atoms with van der Waals surface area (Å²) in [5.41, 5.74) is 3.07. The Morgan fingerprint density at radius 1 is 0.949 bits per heavy atom. The van der Waals surface area contributed by atoms with Crippen LogP contribution in [-0.4, -0.2) is 52.5 Å². The van der Waals surface area contributed by atoms with E-state index in [1.54, 1.807) is 6.07 Å². The predicted octanol–water partition coefficient (Wildman–Crippen LogP) is 4.89. The van der Waals surface area contributed by atoms with E-state index < -0.39 is 6.10 Å². The SMILES string of the molecule is Br.CCCCC(=O)NCc1ccc(CCCCOCCCCCCNCC(O)c2ccc(O)c(CO)n2)cc1. The van der Waals surface area contributed by atoms with Crippen molar-refractivity contribution in [3.05, 3.63) is 58.9 Å². The number of unbranched alkanes of at least 4 members (excludes halogenated alkanes) is 5. The van der Waals surface area contributed by atoms with Crippen LogP contribution in [0.1, 0.15) is 93.3 Å². The van der Waals surface area contributed by atoms with Gasteiger partial charge >= 0.3 is 0 Å². The summed E-state index contributed by atoms with van der Waals surface area (Å²) in [6.07, 6.45) is 9.32. The molecule has 0 bridgehead atoms. The van der Waals surface area contributed by atoms with Crippen LogP contribution in [0, 0.1) is 0 Å². The molecule has 0 aliphatic carbocycles. The van der Waals surface area contributed by atoms with Crippen LogP contribution in [0.5, 0.6) is 5.75 Å². The average molecular weight is 611 g/mol. The van der Waals surface area contributed by atoms with Gasteiger partial charge in [-0.15, -0.1) is 17.0 Å². The Labute approximate surface area is 244 Å². The number of aliphatic hydroxyl groups excluding tert-OH is 2. The van der Waals surface area contributed by atoms with Crippen LogP contribution in [0.15, 0.2) is 36.4 Å². The number of hydrogen-bond acceptors (Lipinski definition) is 7. The molecule has 9 heteroatoms. The molecule has 0 saturated carbocycles. The van der Waals surface area contributed by atoms with Crippen molar-refractivity contribution < 1.29 is 24.9 Å². The van der Waals surface area contributed by atoms with Crippen molar-refractivity contribution in [2.75, 3.05) is 26.3 Å². The van der Waals surface area contributed by atoms with E-state index in [9.17, 15) is 15.0 Å². The Bertz CT molecular complexity index is 914. The van der Waals surface area contributed by atoms with Gasteiger partial charge in [-0.05, 0) is 68.3 Å². The number of benzene rings is 1. The number of aryl methyl sites for hydroxylation is 1. The lowest BCUT2D eigenvalue weighted by molar-refractivity contribution is -0.121. The van der Waals surface area contributed by atoms with Crippen molar-refractivity contribution in [2.24, 2.45) is 0 Å². The molecule has 0 radical (unpaired) electrons. The third-order valence-electron chi connectivity index (χ3n) is 6.47. The number of aliphatic hydroxyl groups is 2. The van der Waals surface area contributed by atoms with E-state index in [1.807, 2.05) is 0 Å². The molecule has 2 rings (SSSR count). The minimum atomic E-state index is -0.775. The number of nitrogens with one attached hydrogen (secondary N) is 2. The maximum atomic E-state index is 11.7. The maximum Gasteiger partial charge on any atom is 0.220 e. The number of carbonyl (C=O) groups is 1. The van der Waals surface area contributed by atoms with Crippen molar-refractivity contribution in [2.45, 2.75) is 90.4 Å². The number of aromatic nitrogens is 1. The summed E-state index contributed by atoms with van der Waals surface area (Å²) in [7, 11) is 0. The van der Waals surface area contributed by atoms with E-state index in [0.717, 1.165) is 83.1 Å². The second-order valence-corrected chi connectivity index (χ2v) is 9.76. The number of halogens is 1. The number of amides is 1. The molecule has 0 fully saturated rings. The number of ether oxygens (including phenoxy) is 1. The van der Waals surface area contributed by atoms with Gasteiger partial charge < -0.3 is 30.7 Å². The fraction of sp³-hybridized carbons (Fsp3) is 0.600. The van der Waals surface area contributed by atoms with Crippen molar-refractivity contribution in [1.29, 1.82) is 0 Å². The molecule has 220 valence electrons. The first-order valence-corrected chi connectivity index (χ1v) is 14.1. The van der Waals surface area contributed by atoms with Crippen molar-refractivity contribution >= 4 is 22.9 Å². The third kappa shape index (κ3) is 15.4. The summed E-state index contributed by atoms with van der Waals surface area (Å²) in [4.78, 5) is 15.8. The molecular weight excluding hydrogens is 562 g/mol. The van der Waals surface area contributed by atoms with Gasteiger partial charge in [0.1, 0.15) is 17.5 Å². The smallest absolute Gasteiger partial charge is 0.220 e. The molecule has 8 nitrogen and oxygen atoms in total. The molecule has 5 N–H and O–H groups in total. The van der Waals surface area contributed by atoms with Crippen LogP contribution in [0.3, 0.4) is 0 Å². The maximum absolute atomic E-state index is 11.7. The molecule has 0 aliphatic rings.